The third-order valence-corrected chi connectivity index (χ3v) is 2.97. The predicted molar refractivity (Wildman–Crippen MR) is 73.6 cm³/mol. The van der Waals surface area contributed by atoms with Crippen LogP contribution in [0.3, 0.4) is 0 Å². The Morgan fingerprint density at radius 3 is 3.00 bits per heavy atom. The van der Waals surface area contributed by atoms with Crippen molar-refractivity contribution in [2.45, 2.75) is 20.0 Å². The molecular weight excluding hydrogens is 254 g/mol. The fourth-order valence-corrected chi connectivity index (χ4v) is 2.03. The van der Waals surface area contributed by atoms with Crippen LogP contribution < -0.4 is 5.32 Å². The van der Waals surface area contributed by atoms with Crippen molar-refractivity contribution in [2.24, 2.45) is 0 Å². The predicted octanol–water partition coefficient (Wildman–Crippen LogP) is 2.06. The number of nitrogens with zero attached hydrogens (tertiary/aromatic N) is 3. The average Bonchev–Trinajstić information content (AvgIpc) is 3.09. The largest absolute Gasteiger partial charge is 0.361 e. The third-order valence-electron chi connectivity index (χ3n) is 2.97. The summed E-state index contributed by atoms with van der Waals surface area (Å²) in [5, 5.41) is 14.4. The smallest absolute Gasteiger partial charge is 0.133 e. The molecule has 6 nitrogen and oxygen atoms in total. The second-order valence-electron chi connectivity index (χ2n) is 4.54. The van der Waals surface area contributed by atoms with E-state index in [-0.39, 0.29) is 0 Å². The van der Waals surface area contributed by atoms with Gasteiger partial charge in [-0.2, -0.15) is 5.10 Å². The van der Waals surface area contributed by atoms with Gasteiger partial charge in [0.25, 0.3) is 0 Å². The Kier molecular flexibility index (Phi) is 3.56. The van der Waals surface area contributed by atoms with E-state index in [2.05, 4.69) is 25.7 Å². The summed E-state index contributed by atoms with van der Waals surface area (Å²) < 4.78 is 5.03. The zero-order valence-corrected chi connectivity index (χ0v) is 11.1. The molecule has 3 aromatic heterocycles. The summed E-state index contributed by atoms with van der Waals surface area (Å²) in [5.74, 6) is 0.821. The number of hydrogen-bond acceptors (Lipinski definition) is 5. The number of nitrogens with one attached hydrogen (secondary N) is 2. The molecule has 0 amide bonds. The first-order chi connectivity index (χ1) is 9.83. The van der Waals surface area contributed by atoms with Crippen molar-refractivity contribution in [3.05, 3.63) is 53.8 Å². The lowest BCUT2D eigenvalue weighted by atomic mass is 10.1. The molecule has 0 aliphatic carbocycles. The molecule has 3 rings (SSSR count). The van der Waals surface area contributed by atoms with Crippen molar-refractivity contribution in [1.82, 2.24) is 25.7 Å². The summed E-state index contributed by atoms with van der Waals surface area (Å²) in [6.45, 7) is 3.24. The van der Waals surface area contributed by atoms with Gasteiger partial charge in [0, 0.05) is 42.7 Å². The molecule has 2 N–H and O–H groups in total. The number of hydrogen-bond donors (Lipinski definition) is 2. The van der Waals surface area contributed by atoms with Crippen LogP contribution in [0.2, 0.25) is 0 Å². The quantitative estimate of drug-likeness (QED) is 0.741. The van der Waals surface area contributed by atoms with Crippen LogP contribution in [0.25, 0.3) is 11.3 Å². The van der Waals surface area contributed by atoms with E-state index in [1.54, 1.807) is 6.20 Å². The van der Waals surface area contributed by atoms with Gasteiger partial charge in [0.2, 0.25) is 0 Å². The summed E-state index contributed by atoms with van der Waals surface area (Å²) >= 11 is 0. The van der Waals surface area contributed by atoms with E-state index in [1.807, 2.05) is 37.5 Å². The van der Waals surface area contributed by atoms with E-state index in [1.165, 1.54) is 0 Å². The normalized spacial score (nSPS) is 10.8. The topological polar surface area (TPSA) is 79.6 Å². The van der Waals surface area contributed by atoms with Crippen LogP contribution in [0.4, 0.5) is 0 Å². The molecular formula is C14H15N5O. The zero-order chi connectivity index (χ0) is 13.8. The standard InChI is InChI=1S/C14H15N5O/c1-10-5-13(19-20-10)9-16-7-12-8-17-18-14(12)11-3-2-4-15-6-11/h2-6,8,16H,7,9H2,1H3,(H,17,18). The van der Waals surface area contributed by atoms with Crippen LogP contribution in [-0.4, -0.2) is 20.3 Å². The van der Waals surface area contributed by atoms with Crippen molar-refractivity contribution in [2.75, 3.05) is 0 Å². The first kappa shape index (κ1) is 12.6. The number of aromatic nitrogens is 4. The Labute approximate surface area is 116 Å². The summed E-state index contributed by atoms with van der Waals surface area (Å²) in [4.78, 5) is 4.12. The first-order valence-corrected chi connectivity index (χ1v) is 6.38. The second-order valence-corrected chi connectivity index (χ2v) is 4.54. The summed E-state index contributed by atoms with van der Waals surface area (Å²) in [5.41, 5.74) is 4.01. The van der Waals surface area contributed by atoms with Crippen LogP contribution in [0.15, 0.2) is 41.3 Å². The van der Waals surface area contributed by atoms with E-state index in [0.29, 0.717) is 13.1 Å². The van der Waals surface area contributed by atoms with Gasteiger partial charge in [-0.15, -0.1) is 0 Å². The van der Waals surface area contributed by atoms with Gasteiger partial charge in [-0.05, 0) is 19.1 Å². The first-order valence-electron chi connectivity index (χ1n) is 6.38. The Balaban J connectivity index is 1.65. The van der Waals surface area contributed by atoms with Crippen LogP contribution in [-0.2, 0) is 13.1 Å². The molecule has 0 bridgehead atoms. The summed E-state index contributed by atoms with van der Waals surface area (Å²) in [7, 11) is 0. The van der Waals surface area contributed by atoms with E-state index in [0.717, 1.165) is 28.3 Å². The van der Waals surface area contributed by atoms with E-state index >= 15 is 0 Å². The van der Waals surface area contributed by atoms with Crippen LogP contribution in [0.1, 0.15) is 17.0 Å². The maximum absolute atomic E-state index is 5.03. The Morgan fingerprint density at radius 2 is 2.25 bits per heavy atom. The lowest BCUT2D eigenvalue weighted by molar-refractivity contribution is 0.388. The molecule has 102 valence electrons. The minimum atomic E-state index is 0.662. The zero-order valence-electron chi connectivity index (χ0n) is 11.1. The fraction of sp³-hybridized carbons (Fsp3) is 0.214. The molecule has 0 spiro atoms. The van der Waals surface area contributed by atoms with Crippen LogP contribution in [0.5, 0.6) is 0 Å². The van der Waals surface area contributed by atoms with E-state index in [4.69, 9.17) is 4.52 Å². The molecule has 0 aliphatic rings. The minimum Gasteiger partial charge on any atom is -0.361 e. The van der Waals surface area contributed by atoms with Crippen molar-refractivity contribution in [3.63, 3.8) is 0 Å². The Hall–Kier alpha value is -2.47. The van der Waals surface area contributed by atoms with Crippen LogP contribution in [0, 0.1) is 6.92 Å². The SMILES string of the molecule is Cc1cc(CNCc2cn[nH]c2-c2cccnc2)no1. The molecule has 0 aliphatic heterocycles. The van der Waals surface area contributed by atoms with Crippen LogP contribution >= 0.6 is 0 Å². The highest BCUT2D eigenvalue weighted by atomic mass is 16.5. The second kappa shape index (κ2) is 5.66. The number of pyridine rings is 1. The highest BCUT2D eigenvalue weighted by molar-refractivity contribution is 5.61. The molecule has 0 saturated heterocycles. The molecule has 3 heterocycles. The number of H-pyrrole nitrogens is 1. The number of aryl methyl sites for hydroxylation is 1. The van der Waals surface area contributed by atoms with Gasteiger partial charge in [0.1, 0.15) is 5.76 Å². The van der Waals surface area contributed by atoms with Crippen molar-refractivity contribution in [1.29, 1.82) is 0 Å². The van der Waals surface area contributed by atoms with Gasteiger partial charge in [-0.3, -0.25) is 10.1 Å². The molecule has 20 heavy (non-hydrogen) atoms. The Bertz CT molecular complexity index is 674. The molecule has 0 radical (unpaired) electrons. The minimum absolute atomic E-state index is 0.662. The monoisotopic (exact) mass is 269 g/mol. The van der Waals surface area contributed by atoms with Gasteiger partial charge in [-0.1, -0.05) is 5.16 Å². The average molecular weight is 269 g/mol. The fourth-order valence-electron chi connectivity index (χ4n) is 2.03. The van der Waals surface area contributed by atoms with Crippen molar-refractivity contribution >= 4 is 0 Å². The third kappa shape index (κ3) is 2.75. The van der Waals surface area contributed by atoms with E-state index in [9.17, 15) is 0 Å². The molecule has 0 fully saturated rings. The number of aromatic amines is 1. The highest BCUT2D eigenvalue weighted by Crippen LogP contribution is 2.19. The number of rotatable bonds is 5. The molecule has 6 heteroatoms. The summed E-state index contributed by atoms with van der Waals surface area (Å²) in [6, 6.07) is 5.83. The molecule has 0 saturated carbocycles. The maximum atomic E-state index is 5.03. The van der Waals surface area contributed by atoms with Gasteiger partial charge in [-0.25, -0.2) is 0 Å². The highest BCUT2D eigenvalue weighted by Gasteiger charge is 2.07. The molecule has 0 atom stereocenters. The Morgan fingerprint density at radius 1 is 1.30 bits per heavy atom. The van der Waals surface area contributed by atoms with Gasteiger partial charge >= 0.3 is 0 Å². The van der Waals surface area contributed by atoms with Crippen molar-refractivity contribution in [3.8, 4) is 11.3 Å². The molecule has 0 aromatic carbocycles. The lowest BCUT2D eigenvalue weighted by Gasteiger charge is -2.03. The van der Waals surface area contributed by atoms with Gasteiger partial charge < -0.3 is 9.84 Å². The maximum Gasteiger partial charge on any atom is 0.133 e. The van der Waals surface area contributed by atoms with Crippen molar-refractivity contribution < 1.29 is 4.52 Å². The lowest BCUT2D eigenvalue weighted by Crippen LogP contribution is -2.13. The van der Waals surface area contributed by atoms with Gasteiger partial charge in [0.05, 0.1) is 17.6 Å². The summed E-state index contributed by atoms with van der Waals surface area (Å²) in [6.07, 6.45) is 5.39. The van der Waals surface area contributed by atoms with Gasteiger partial charge in [0.15, 0.2) is 0 Å². The molecule has 3 aromatic rings. The van der Waals surface area contributed by atoms with E-state index < -0.39 is 0 Å². The molecule has 0 unspecified atom stereocenters.